The summed E-state index contributed by atoms with van der Waals surface area (Å²) in [5, 5.41) is 6.40. The molecular formula is C33H37N5O7. The maximum atomic E-state index is 12.6. The van der Waals surface area contributed by atoms with E-state index >= 15 is 0 Å². The van der Waals surface area contributed by atoms with Gasteiger partial charge in [0.15, 0.2) is 11.5 Å². The number of urea groups is 1. The zero-order chi connectivity index (χ0) is 31.0. The molecule has 4 aromatic rings. The van der Waals surface area contributed by atoms with Crippen LogP contribution in [0, 0.1) is 0 Å². The molecule has 2 aliphatic rings. The number of aromatic nitrogens is 2. The lowest BCUT2D eigenvalue weighted by Gasteiger charge is -2.26. The molecule has 0 spiro atoms. The van der Waals surface area contributed by atoms with Crippen LogP contribution in [-0.4, -0.2) is 80.7 Å². The van der Waals surface area contributed by atoms with E-state index in [1.165, 1.54) is 6.33 Å². The van der Waals surface area contributed by atoms with Crippen LogP contribution in [0.3, 0.4) is 0 Å². The molecule has 0 aliphatic carbocycles. The molecule has 1 aromatic heterocycles. The molecule has 2 aliphatic heterocycles. The number of morpholine rings is 1. The zero-order valence-corrected chi connectivity index (χ0v) is 25.4. The fourth-order valence-corrected chi connectivity index (χ4v) is 5.22. The molecule has 0 radical (unpaired) electrons. The Hall–Kier alpha value is -4.81. The maximum absolute atomic E-state index is 12.6. The van der Waals surface area contributed by atoms with Crippen LogP contribution in [0.25, 0.3) is 10.9 Å². The highest BCUT2D eigenvalue weighted by molar-refractivity contribution is 5.94. The van der Waals surface area contributed by atoms with E-state index in [1.54, 1.807) is 31.4 Å². The second kappa shape index (κ2) is 14.3. The Bertz CT molecular complexity index is 1590. The number of benzene rings is 3. The van der Waals surface area contributed by atoms with Crippen LogP contribution < -0.4 is 34.3 Å². The van der Waals surface area contributed by atoms with Gasteiger partial charge in [-0.05, 0) is 55.3 Å². The van der Waals surface area contributed by atoms with Crippen LogP contribution in [0.5, 0.6) is 34.6 Å². The van der Waals surface area contributed by atoms with Gasteiger partial charge in [0.25, 0.3) is 0 Å². The van der Waals surface area contributed by atoms with Gasteiger partial charge in [-0.1, -0.05) is 12.1 Å². The van der Waals surface area contributed by atoms with Gasteiger partial charge in [-0.25, -0.2) is 14.8 Å². The number of hydrogen-bond acceptors (Lipinski definition) is 10. The van der Waals surface area contributed by atoms with Crippen molar-refractivity contribution < 1.29 is 33.2 Å². The highest BCUT2D eigenvalue weighted by atomic mass is 16.6. The molecule has 1 unspecified atom stereocenters. The van der Waals surface area contributed by atoms with Gasteiger partial charge in [0.1, 0.15) is 36.4 Å². The van der Waals surface area contributed by atoms with Gasteiger partial charge in [-0.15, -0.1) is 0 Å². The molecule has 45 heavy (non-hydrogen) atoms. The predicted octanol–water partition coefficient (Wildman–Crippen LogP) is 5.19. The molecule has 0 saturated carbocycles. The monoisotopic (exact) mass is 615 g/mol. The number of carbonyl (C=O) groups excluding carboxylic acids is 1. The molecule has 12 nitrogen and oxygen atoms in total. The van der Waals surface area contributed by atoms with Crippen LogP contribution in [0.4, 0.5) is 10.5 Å². The van der Waals surface area contributed by atoms with Gasteiger partial charge < -0.3 is 39.1 Å². The Morgan fingerprint density at radius 3 is 2.44 bits per heavy atom. The third-order valence-corrected chi connectivity index (χ3v) is 7.61. The Labute approximate surface area is 261 Å². The largest absolute Gasteiger partial charge is 0.497 e. The summed E-state index contributed by atoms with van der Waals surface area (Å²) in [7, 11) is 1.62. The number of carbonyl (C=O) groups is 1. The van der Waals surface area contributed by atoms with Gasteiger partial charge >= 0.3 is 6.03 Å². The van der Waals surface area contributed by atoms with Crippen LogP contribution in [-0.2, 0) is 4.74 Å². The van der Waals surface area contributed by atoms with E-state index in [1.807, 2.05) is 37.3 Å². The van der Waals surface area contributed by atoms with Gasteiger partial charge in [0.05, 0.1) is 38.5 Å². The number of ether oxygens (including phenoxy) is 6. The van der Waals surface area contributed by atoms with Crippen molar-refractivity contribution in [2.75, 3.05) is 65.1 Å². The van der Waals surface area contributed by atoms with Crippen molar-refractivity contribution in [3.63, 3.8) is 0 Å². The minimum absolute atomic E-state index is 0.192. The third-order valence-electron chi connectivity index (χ3n) is 7.61. The van der Waals surface area contributed by atoms with E-state index in [2.05, 4.69) is 25.5 Å². The van der Waals surface area contributed by atoms with E-state index in [0.29, 0.717) is 65.3 Å². The first-order chi connectivity index (χ1) is 22.1. The molecule has 6 rings (SSSR count). The van der Waals surface area contributed by atoms with E-state index in [4.69, 9.17) is 28.4 Å². The number of methoxy groups -OCH3 is 1. The standard InChI is InChI=1S/C33H37N5O7/c1-22(23-4-8-25(40-2)9-5-23)36-33(39)37-24-6-10-26(11-7-24)45-32-29-27(34-21-35-32)20-28(30-31(29)44-19-18-43-30)42-15-3-12-38-13-16-41-17-14-38/h4-11,20-22H,3,12-19H2,1-2H3,(H2,36,37,39). The van der Waals surface area contributed by atoms with Crippen molar-refractivity contribution in [1.82, 2.24) is 20.2 Å². The average Bonchev–Trinajstić information content (AvgIpc) is 3.08. The fraction of sp³-hybridized carbons (Fsp3) is 0.364. The Morgan fingerprint density at radius 1 is 0.956 bits per heavy atom. The van der Waals surface area contributed by atoms with Crippen LogP contribution in [0.1, 0.15) is 24.9 Å². The highest BCUT2D eigenvalue weighted by Crippen LogP contribution is 2.47. The summed E-state index contributed by atoms with van der Waals surface area (Å²) < 4.78 is 35.0. The predicted molar refractivity (Wildman–Crippen MR) is 168 cm³/mol. The van der Waals surface area contributed by atoms with E-state index in [9.17, 15) is 4.79 Å². The highest BCUT2D eigenvalue weighted by Gasteiger charge is 2.25. The van der Waals surface area contributed by atoms with Crippen LogP contribution in [0.2, 0.25) is 0 Å². The molecule has 2 amide bonds. The summed E-state index contributed by atoms with van der Waals surface area (Å²) in [6.45, 7) is 7.63. The fourth-order valence-electron chi connectivity index (χ4n) is 5.22. The van der Waals surface area contributed by atoms with E-state index < -0.39 is 0 Å². The molecule has 3 aromatic carbocycles. The minimum Gasteiger partial charge on any atom is -0.497 e. The van der Waals surface area contributed by atoms with Crippen LogP contribution in [0.15, 0.2) is 60.9 Å². The summed E-state index contributed by atoms with van der Waals surface area (Å²) in [6.07, 6.45) is 2.32. The first-order valence-corrected chi connectivity index (χ1v) is 15.1. The number of anilines is 1. The zero-order valence-electron chi connectivity index (χ0n) is 25.4. The van der Waals surface area contributed by atoms with Gasteiger partial charge in [0.2, 0.25) is 11.6 Å². The molecule has 3 heterocycles. The second-order valence-electron chi connectivity index (χ2n) is 10.7. The first kappa shape index (κ1) is 30.2. The molecule has 0 bridgehead atoms. The van der Waals surface area contributed by atoms with Crippen molar-refractivity contribution >= 4 is 22.6 Å². The number of nitrogens with zero attached hydrogens (tertiary/aromatic N) is 3. The summed E-state index contributed by atoms with van der Waals surface area (Å²) in [6, 6.07) is 15.9. The quantitative estimate of drug-likeness (QED) is 0.218. The van der Waals surface area contributed by atoms with Crippen molar-refractivity contribution in [2.45, 2.75) is 19.4 Å². The van der Waals surface area contributed by atoms with E-state index in [0.717, 1.165) is 50.6 Å². The lowest BCUT2D eigenvalue weighted by atomic mass is 10.1. The Morgan fingerprint density at radius 2 is 1.69 bits per heavy atom. The van der Waals surface area contributed by atoms with E-state index in [-0.39, 0.29) is 12.1 Å². The number of nitrogens with one attached hydrogen (secondary N) is 2. The lowest BCUT2D eigenvalue weighted by Crippen LogP contribution is -2.37. The van der Waals surface area contributed by atoms with Gasteiger partial charge in [0, 0.05) is 31.4 Å². The number of fused-ring (bicyclic) bond motifs is 3. The summed E-state index contributed by atoms with van der Waals surface area (Å²) in [4.78, 5) is 23.9. The van der Waals surface area contributed by atoms with Crippen LogP contribution >= 0.6 is 0 Å². The molecule has 12 heteroatoms. The number of rotatable bonds is 11. The van der Waals surface area contributed by atoms with Gasteiger partial charge in [-0.3, -0.25) is 4.90 Å². The number of amides is 2. The lowest BCUT2D eigenvalue weighted by molar-refractivity contribution is 0.0357. The first-order valence-electron chi connectivity index (χ1n) is 15.1. The molecule has 1 saturated heterocycles. The summed E-state index contributed by atoms with van der Waals surface area (Å²) in [5.41, 5.74) is 2.19. The molecule has 2 N–H and O–H groups in total. The topological polar surface area (TPSA) is 126 Å². The summed E-state index contributed by atoms with van der Waals surface area (Å²) in [5.74, 6) is 3.22. The summed E-state index contributed by atoms with van der Waals surface area (Å²) >= 11 is 0. The molecule has 1 atom stereocenters. The van der Waals surface area contributed by atoms with Gasteiger partial charge in [-0.2, -0.15) is 0 Å². The van der Waals surface area contributed by atoms with Crippen molar-refractivity contribution in [3.8, 4) is 34.6 Å². The average molecular weight is 616 g/mol. The van der Waals surface area contributed by atoms with Crippen molar-refractivity contribution in [2.24, 2.45) is 0 Å². The maximum Gasteiger partial charge on any atom is 0.319 e. The molecule has 1 fully saturated rings. The minimum atomic E-state index is -0.323. The van der Waals surface area contributed by atoms with Crippen molar-refractivity contribution in [1.29, 1.82) is 0 Å². The molecular weight excluding hydrogens is 578 g/mol. The molecule has 236 valence electrons. The van der Waals surface area contributed by atoms with Crippen molar-refractivity contribution in [3.05, 3.63) is 66.5 Å². The smallest absolute Gasteiger partial charge is 0.319 e. The SMILES string of the molecule is COc1ccc(C(C)NC(=O)Nc2ccc(Oc3ncnc4cc(OCCCN5CCOCC5)c5c(c34)OCCO5)cc2)cc1. The third kappa shape index (κ3) is 7.47. The normalized spacial score (nSPS) is 15.2. The Kier molecular flexibility index (Phi) is 9.61. The number of hydrogen-bond donors (Lipinski definition) is 2. The second-order valence-corrected chi connectivity index (χ2v) is 10.7. The Balaban J connectivity index is 1.10.